The van der Waals surface area contributed by atoms with Gasteiger partial charge < -0.3 is 14.6 Å². The van der Waals surface area contributed by atoms with Gasteiger partial charge in [0.1, 0.15) is 19.3 Å². The van der Waals surface area contributed by atoms with Crippen molar-refractivity contribution in [2.75, 3.05) is 19.8 Å². The number of rotatable bonds is 3. The Kier molecular flexibility index (Phi) is 3.85. The molecule has 6 heteroatoms. The number of ether oxygens (including phenoxy) is 2. The minimum Gasteiger partial charge on any atom is -0.486 e. The molecule has 0 spiro atoms. The van der Waals surface area contributed by atoms with Gasteiger partial charge in [-0.1, -0.05) is 0 Å². The molecule has 1 saturated heterocycles. The topological polar surface area (TPSA) is 59.0 Å². The lowest BCUT2D eigenvalue weighted by Crippen LogP contribution is -2.35. The second kappa shape index (κ2) is 5.61. The van der Waals surface area contributed by atoms with E-state index in [-0.39, 0.29) is 6.04 Å². The van der Waals surface area contributed by atoms with Crippen LogP contribution in [-0.4, -0.2) is 41.8 Å². The Balaban J connectivity index is 1.81. The van der Waals surface area contributed by atoms with Crippen molar-refractivity contribution in [1.82, 2.24) is 4.90 Å². The molecule has 0 saturated carbocycles. The number of carbonyl (C=O) groups is 1. The predicted octanol–water partition coefficient (Wildman–Crippen LogP) is 2.27. The zero-order valence-electron chi connectivity index (χ0n) is 11.0. The second-order valence-corrected chi connectivity index (χ2v) is 5.92. The van der Waals surface area contributed by atoms with Crippen molar-refractivity contribution >= 4 is 21.9 Å². The van der Waals surface area contributed by atoms with Gasteiger partial charge in [0.15, 0.2) is 11.5 Å². The maximum atomic E-state index is 11.2. The van der Waals surface area contributed by atoms with Crippen molar-refractivity contribution in [3.05, 3.63) is 22.2 Å². The number of aliphatic carboxylic acids is 1. The molecule has 1 aromatic rings. The Bertz CT molecular complexity index is 534. The van der Waals surface area contributed by atoms with E-state index in [4.69, 9.17) is 9.47 Å². The molecule has 2 aliphatic heterocycles. The van der Waals surface area contributed by atoms with Crippen molar-refractivity contribution in [3.8, 4) is 11.5 Å². The molecule has 0 bridgehead atoms. The highest BCUT2D eigenvalue weighted by Crippen LogP contribution is 2.39. The van der Waals surface area contributed by atoms with E-state index in [1.807, 2.05) is 17.0 Å². The van der Waals surface area contributed by atoms with Crippen LogP contribution >= 0.6 is 15.9 Å². The van der Waals surface area contributed by atoms with Crippen LogP contribution in [0.4, 0.5) is 0 Å². The molecule has 108 valence electrons. The van der Waals surface area contributed by atoms with Crippen LogP contribution in [-0.2, 0) is 11.3 Å². The first-order chi connectivity index (χ1) is 9.65. The Hall–Kier alpha value is -1.27. The van der Waals surface area contributed by atoms with E-state index in [0.717, 1.165) is 40.9 Å². The zero-order chi connectivity index (χ0) is 14.1. The fourth-order valence-corrected chi connectivity index (χ4v) is 3.39. The molecule has 2 heterocycles. The van der Waals surface area contributed by atoms with Crippen molar-refractivity contribution in [2.45, 2.75) is 25.4 Å². The third-order valence-corrected chi connectivity index (χ3v) is 4.28. The number of nitrogens with zero attached hydrogens (tertiary/aromatic N) is 1. The molecule has 0 radical (unpaired) electrons. The minimum atomic E-state index is -0.737. The van der Waals surface area contributed by atoms with E-state index in [1.165, 1.54) is 0 Å². The summed E-state index contributed by atoms with van der Waals surface area (Å²) in [5.41, 5.74) is 1.04. The largest absolute Gasteiger partial charge is 0.486 e. The quantitative estimate of drug-likeness (QED) is 0.913. The number of carboxylic acids is 1. The summed E-state index contributed by atoms with van der Waals surface area (Å²) in [4.78, 5) is 13.2. The van der Waals surface area contributed by atoms with Crippen LogP contribution in [0.2, 0.25) is 0 Å². The molecule has 2 aliphatic rings. The monoisotopic (exact) mass is 341 g/mol. The molecule has 1 atom stereocenters. The maximum absolute atomic E-state index is 11.2. The van der Waals surface area contributed by atoms with Gasteiger partial charge in [-0.3, -0.25) is 9.69 Å². The lowest BCUT2D eigenvalue weighted by Gasteiger charge is -2.24. The fraction of sp³-hybridized carbons (Fsp3) is 0.500. The highest BCUT2D eigenvalue weighted by molar-refractivity contribution is 9.10. The van der Waals surface area contributed by atoms with Gasteiger partial charge >= 0.3 is 5.97 Å². The van der Waals surface area contributed by atoms with Gasteiger partial charge in [-0.05, 0) is 53.0 Å². The summed E-state index contributed by atoms with van der Waals surface area (Å²) in [5.74, 6) is 0.724. The third kappa shape index (κ3) is 2.62. The molecule has 5 nitrogen and oxygen atoms in total. The van der Waals surface area contributed by atoms with E-state index >= 15 is 0 Å². The van der Waals surface area contributed by atoms with Gasteiger partial charge in [-0.2, -0.15) is 0 Å². The van der Waals surface area contributed by atoms with E-state index in [9.17, 15) is 9.90 Å². The van der Waals surface area contributed by atoms with Crippen LogP contribution in [0, 0.1) is 0 Å². The minimum absolute atomic E-state index is 0.373. The summed E-state index contributed by atoms with van der Waals surface area (Å²) in [5, 5.41) is 9.21. The second-order valence-electron chi connectivity index (χ2n) is 5.07. The maximum Gasteiger partial charge on any atom is 0.320 e. The van der Waals surface area contributed by atoms with E-state index in [0.29, 0.717) is 19.8 Å². The standard InChI is InChI=1S/C14H16BrNO4/c15-10-6-9(7-12-13(10)20-5-4-19-12)8-16-3-1-2-11(16)14(17)18/h6-7,11H,1-5,8H2,(H,17,18)/t11-/m1/s1. The summed E-state index contributed by atoms with van der Waals surface area (Å²) in [6.45, 7) is 2.54. The van der Waals surface area contributed by atoms with Crippen molar-refractivity contribution < 1.29 is 19.4 Å². The molecular weight excluding hydrogens is 326 g/mol. The summed E-state index contributed by atoms with van der Waals surface area (Å²) < 4.78 is 12.0. The van der Waals surface area contributed by atoms with Gasteiger partial charge in [0, 0.05) is 6.54 Å². The highest BCUT2D eigenvalue weighted by Gasteiger charge is 2.30. The van der Waals surface area contributed by atoms with Gasteiger partial charge in [0.05, 0.1) is 4.47 Å². The number of benzene rings is 1. The number of likely N-dealkylation sites (tertiary alicyclic amines) is 1. The SMILES string of the molecule is O=C(O)[C@H]1CCCN1Cc1cc(Br)c2c(c1)OCCO2. The van der Waals surface area contributed by atoms with Crippen LogP contribution < -0.4 is 9.47 Å². The Morgan fingerprint density at radius 2 is 2.20 bits per heavy atom. The van der Waals surface area contributed by atoms with Gasteiger partial charge in [-0.25, -0.2) is 0 Å². The summed E-state index contributed by atoms with van der Waals surface area (Å²) >= 11 is 3.49. The van der Waals surface area contributed by atoms with Gasteiger partial charge in [-0.15, -0.1) is 0 Å². The smallest absolute Gasteiger partial charge is 0.320 e. The number of hydrogen-bond donors (Lipinski definition) is 1. The molecule has 0 amide bonds. The fourth-order valence-electron chi connectivity index (χ4n) is 2.79. The van der Waals surface area contributed by atoms with Crippen LogP contribution in [0.25, 0.3) is 0 Å². The van der Waals surface area contributed by atoms with Crippen LogP contribution in [0.1, 0.15) is 18.4 Å². The van der Waals surface area contributed by atoms with Gasteiger partial charge in [0.25, 0.3) is 0 Å². The summed E-state index contributed by atoms with van der Waals surface area (Å²) in [6, 6.07) is 3.54. The lowest BCUT2D eigenvalue weighted by molar-refractivity contribution is -0.142. The molecule has 0 aromatic heterocycles. The Labute approximate surface area is 125 Å². The first kappa shape index (κ1) is 13.7. The van der Waals surface area contributed by atoms with E-state index in [2.05, 4.69) is 15.9 Å². The first-order valence-electron chi connectivity index (χ1n) is 6.70. The number of halogens is 1. The third-order valence-electron chi connectivity index (χ3n) is 3.69. The highest BCUT2D eigenvalue weighted by atomic mass is 79.9. The van der Waals surface area contributed by atoms with Crippen molar-refractivity contribution in [1.29, 1.82) is 0 Å². The van der Waals surface area contributed by atoms with E-state index in [1.54, 1.807) is 0 Å². The average Bonchev–Trinajstić information content (AvgIpc) is 2.87. The molecule has 0 aliphatic carbocycles. The number of carboxylic acid groups (broad SMARTS) is 1. The zero-order valence-corrected chi connectivity index (χ0v) is 12.6. The van der Waals surface area contributed by atoms with Crippen molar-refractivity contribution in [3.63, 3.8) is 0 Å². The molecule has 3 rings (SSSR count). The first-order valence-corrected chi connectivity index (χ1v) is 7.49. The molecule has 1 N–H and O–H groups in total. The van der Waals surface area contributed by atoms with Crippen LogP contribution in [0.15, 0.2) is 16.6 Å². The van der Waals surface area contributed by atoms with E-state index < -0.39 is 5.97 Å². The lowest BCUT2D eigenvalue weighted by atomic mass is 10.1. The van der Waals surface area contributed by atoms with Crippen LogP contribution in [0.3, 0.4) is 0 Å². The molecule has 1 aromatic carbocycles. The summed E-state index contributed by atoms with van der Waals surface area (Å²) in [7, 11) is 0. The Morgan fingerprint density at radius 1 is 1.40 bits per heavy atom. The molecule has 0 unspecified atom stereocenters. The number of fused-ring (bicyclic) bond motifs is 1. The average molecular weight is 342 g/mol. The normalized spacial score (nSPS) is 21.9. The number of hydrogen-bond acceptors (Lipinski definition) is 4. The molecule has 20 heavy (non-hydrogen) atoms. The van der Waals surface area contributed by atoms with Crippen molar-refractivity contribution in [2.24, 2.45) is 0 Å². The Morgan fingerprint density at radius 3 is 3.00 bits per heavy atom. The molecule has 1 fully saturated rings. The predicted molar refractivity (Wildman–Crippen MR) is 76.2 cm³/mol. The van der Waals surface area contributed by atoms with Crippen LogP contribution in [0.5, 0.6) is 11.5 Å². The molecular formula is C14H16BrNO4. The van der Waals surface area contributed by atoms with Gasteiger partial charge in [0.2, 0.25) is 0 Å². The summed E-state index contributed by atoms with van der Waals surface area (Å²) in [6.07, 6.45) is 1.66.